The zero-order valence-electron chi connectivity index (χ0n) is 10.7. The minimum atomic E-state index is -4.50. The third-order valence-electron chi connectivity index (χ3n) is 2.79. The van der Waals surface area contributed by atoms with Gasteiger partial charge in [-0.1, -0.05) is 38.5 Å². The summed E-state index contributed by atoms with van der Waals surface area (Å²) >= 11 is 0. The molecule has 0 radical (unpaired) electrons. The molecule has 2 N–H and O–H groups in total. The number of aldehydes is 1. The maximum Gasteiger partial charge on any atom is 0.391 e. The van der Waals surface area contributed by atoms with Crippen molar-refractivity contribution in [1.29, 1.82) is 0 Å². The maximum atomic E-state index is 10.9. The van der Waals surface area contributed by atoms with Gasteiger partial charge in [0, 0.05) is 12.8 Å². The van der Waals surface area contributed by atoms with Crippen LogP contribution < -0.4 is 0 Å². The lowest BCUT2D eigenvalue weighted by molar-refractivity contribution is -0.113. The van der Waals surface area contributed by atoms with Gasteiger partial charge in [-0.25, -0.2) is 0 Å². The molecule has 0 rings (SSSR count). The van der Waals surface area contributed by atoms with Crippen LogP contribution in [-0.4, -0.2) is 21.6 Å². The summed E-state index contributed by atoms with van der Waals surface area (Å²) in [5.41, 5.74) is -0.948. The number of hydrogen-bond donors (Lipinski definition) is 2. The molecule has 0 aliphatic heterocycles. The number of unbranched alkanes of at least 4 members (excludes halogenated alkanes) is 8. The van der Waals surface area contributed by atoms with E-state index in [0.29, 0.717) is 12.8 Å². The van der Waals surface area contributed by atoms with Crippen molar-refractivity contribution >= 4 is 19.4 Å². The van der Waals surface area contributed by atoms with E-state index in [4.69, 9.17) is 9.79 Å². The van der Waals surface area contributed by atoms with E-state index in [9.17, 15) is 14.2 Å². The highest BCUT2D eigenvalue weighted by molar-refractivity contribution is 7.70. The smallest absolute Gasteiger partial charge is 0.319 e. The van der Waals surface area contributed by atoms with Crippen LogP contribution in [0.5, 0.6) is 0 Å². The molecule has 5 nitrogen and oxygen atoms in total. The van der Waals surface area contributed by atoms with E-state index in [1.807, 2.05) is 0 Å². The summed E-state index contributed by atoms with van der Waals surface area (Å²) in [4.78, 5) is 38.1. The van der Waals surface area contributed by atoms with Crippen LogP contribution in [0.2, 0.25) is 0 Å². The average Bonchev–Trinajstić information content (AvgIpc) is 2.30. The Balaban J connectivity index is 3.24. The number of rotatable bonds is 12. The standard InChI is InChI=1S/C12H23O5P/c13-11-9-7-5-3-1-2-4-6-8-10-12(14)18(15,16)17/h11H,1-10H2,(H2,15,16,17). The van der Waals surface area contributed by atoms with Crippen molar-refractivity contribution in [3.8, 4) is 0 Å². The summed E-state index contributed by atoms with van der Waals surface area (Å²) in [5, 5.41) is 0. The zero-order chi connectivity index (χ0) is 13.9. The molecule has 0 saturated heterocycles. The van der Waals surface area contributed by atoms with Crippen molar-refractivity contribution in [3.05, 3.63) is 0 Å². The van der Waals surface area contributed by atoms with Gasteiger partial charge >= 0.3 is 7.60 Å². The van der Waals surface area contributed by atoms with Gasteiger partial charge in [0.1, 0.15) is 6.29 Å². The second-order valence-corrected chi connectivity index (χ2v) is 6.06. The molecule has 18 heavy (non-hydrogen) atoms. The van der Waals surface area contributed by atoms with Crippen molar-refractivity contribution < 1.29 is 23.9 Å². The Labute approximate surface area is 108 Å². The van der Waals surface area contributed by atoms with Crippen LogP contribution in [0.15, 0.2) is 0 Å². The summed E-state index contributed by atoms with van der Waals surface area (Å²) < 4.78 is 10.5. The quantitative estimate of drug-likeness (QED) is 0.325. The van der Waals surface area contributed by atoms with Gasteiger partial charge in [-0.05, 0) is 12.8 Å². The van der Waals surface area contributed by atoms with Crippen molar-refractivity contribution in [1.82, 2.24) is 0 Å². The minimum Gasteiger partial charge on any atom is -0.319 e. The maximum absolute atomic E-state index is 10.9. The Morgan fingerprint density at radius 3 is 1.78 bits per heavy atom. The molecule has 0 amide bonds. The molecule has 0 aliphatic carbocycles. The molecule has 0 saturated carbocycles. The molecular formula is C12H23O5P. The molecule has 0 atom stereocenters. The fourth-order valence-electron chi connectivity index (χ4n) is 1.71. The molecular weight excluding hydrogens is 255 g/mol. The van der Waals surface area contributed by atoms with Crippen LogP contribution in [-0.2, 0) is 14.2 Å². The third kappa shape index (κ3) is 10.6. The summed E-state index contributed by atoms with van der Waals surface area (Å²) in [6, 6.07) is 0. The van der Waals surface area contributed by atoms with Gasteiger partial charge in [0.25, 0.3) is 0 Å². The van der Waals surface area contributed by atoms with E-state index < -0.39 is 13.1 Å². The van der Waals surface area contributed by atoms with E-state index in [0.717, 1.165) is 51.2 Å². The monoisotopic (exact) mass is 278 g/mol. The Morgan fingerprint density at radius 1 is 0.889 bits per heavy atom. The van der Waals surface area contributed by atoms with Gasteiger partial charge in [0.15, 0.2) is 0 Å². The Hall–Kier alpha value is -0.510. The minimum absolute atomic E-state index is 0.0242. The summed E-state index contributed by atoms with van der Waals surface area (Å²) in [5.74, 6) is 0. The van der Waals surface area contributed by atoms with E-state index in [2.05, 4.69) is 0 Å². The van der Waals surface area contributed by atoms with Crippen LogP contribution in [0.3, 0.4) is 0 Å². The predicted molar refractivity (Wildman–Crippen MR) is 69.3 cm³/mol. The Kier molecular flexibility index (Phi) is 10.1. The van der Waals surface area contributed by atoms with Crippen molar-refractivity contribution in [2.24, 2.45) is 0 Å². The van der Waals surface area contributed by atoms with Gasteiger partial charge in [-0.3, -0.25) is 9.36 Å². The molecule has 0 heterocycles. The van der Waals surface area contributed by atoms with Gasteiger partial charge in [0.2, 0.25) is 5.52 Å². The fraction of sp³-hybridized carbons (Fsp3) is 0.833. The predicted octanol–water partition coefficient (Wildman–Crippen LogP) is 2.79. The van der Waals surface area contributed by atoms with E-state index >= 15 is 0 Å². The summed E-state index contributed by atoms with van der Waals surface area (Å²) in [6.45, 7) is 0. The lowest BCUT2D eigenvalue weighted by Crippen LogP contribution is -1.98. The van der Waals surface area contributed by atoms with E-state index in [1.165, 1.54) is 0 Å². The first kappa shape index (κ1) is 17.5. The van der Waals surface area contributed by atoms with Crippen LogP contribution in [0.1, 0.15) is 64.2 Å². The molecule has 0 unspecified atom stereocenters. The van der Waals surface area contributed by atoms with E-state index in [1.54, 1.807) is 0 Å². The van der Waals surface area contributed by atoms with Gasteiger partial charge in [-0.15, -0.1) is 0 Å². The molecule has 0 bridgehead atoms. The molecule has 0 aliphatic rings. The molecule has 0 aromatic rings. The molecule has 0 fully saturated rings. The highest BCUT2D eigenvalue weighted by Crippen LogP contribution is 2.37. The largest absolute Gasteiger partial charge is 0.391 e. The average molecular weight is 278 g/mol. The van der Waals surface area contributed by atoms with Gasteiger partial charge < -0.3 is 14.6 Å². The molecule has 106 valence electrons. The second kappa shape index (κ2) is 10.4. The lowest BCUT2D eigenvalue weighted by Gasteiger charge is -2.03. The topological polar surface area (TPSA) is 91.7 Å². The van der Waals surface area contributed by atoms with Crippen molar-refractivity contribution in [2.75, 3.05) is 0 Å². The zero-order valence-corrected chi connectivity index (χ0v) is 11.6. The lowest BCUT2D eigenvalue weighted by atomic mass is 10.1. The Bertz CT molecular complexity index is 284. The highest BCUT2D eigenvalue weighted by atomic mass is 31.2. The molecule has 0 aromatic heterocycles. The first-order valence-electron chi connectivity index (χ1n) is 6.51. The third-order valence-corrected chi connectivity index (χ3v) is 3.66. The number of carbonyl (C=O) groups is 2. The Morgan fingerprint density at radius 2 is 1.33 bits per heavy atom. The molecule has 0 spiro atoms. The number of hydrogen-bond acceptors (Lipinski definition) is 3. The van der Waals surface area contributed by atoms with Crippen LogP contribution in [0, 0.1) is 0 Å². The molecule has 0 aromatic carbocycles. The summed E-state index contributed by atoms with van der Waals surface area (Å²) in [6.07, 6.45) is 9.28. The van der Waals surface area contributed by atoms with Crippen LogP contribution in [0.25, 0.3) is 0 Å². The van der Waals surface area contributed by atoms with Crippen LogP contribution in [0.4, 0.5) is 0 Å². The van der Waals surface area contributed by atoms with Crippen LogP contribution >= 0.6 is 7.60 Å². The summed E-state index contributed by atoms with van der Waals surface area (Å²) in [7, 11) is -4.50. The first-order valence-corrected chi connectivity index (χ1v) is 8.12. The van der Waals surface area contributed by atoms with Crippen molar-refractivity contribution in [3.63, 3.8) is 0 Å². The normalized spacial score (nSPS) is 11.4. The SMILES string of the molecule is O=CCCCCCCCCCCC(=O)P(=O)(O)O. The van der Waals surface area contributed by atoms with Crippen molar-refractivity contribution in [2.45, 2.75) is 64.2 Å². The highest BCUT2D eigenvalue weighted by Gasteiger charge is 2.24. The number of carbonyl (C=O) groups excluding carboxylic acids is 2. The fourth-order valence-corrected chi connectivity index (χ4v) is 2.16. The molecule has 6 heteroatoms. The second-order valence-electron chi connectivity index (χ2n) is 4.47. The first-order chi connectivity index (χ1) is 8.48. The van der Waals surface area contributed by atoms with E-state index in [-0.39, 0.29) is 6.42 Å². The van der Waals surface area contributed by atoms with Gasteiger partial charge in [-0.2, -0.15) is 0 Å². The van der Waals surface area contributed by atoms with Gasteiger partial charge in [0.05, 0.1) is 0 Å².